The molecule has 2 aliphatic rings. The van der Waals surface area contributed by atoms with Gasteiger partial charge in [0, 0.05) is 49.6 Å². The average Bonchev–Trinajstić information content (AvgIpc) is 2.94. The largest absolute Gasteiger partial charge is 0.360 e. The van der Waals surface area contributed by atoms with Crippen LogP contribution in [-0.2, 0) is 6.54 Å². The van der Waals surface area contributed by atoms with E-state index in [9.17, 15) is 4.79 Å². The first-order valence-electron chi connectivity index (χ1n) is 8.16. The summed E-state index contributed by atoms with van der Waals surface area (Å²) < 4.78 is 5.26. The first-order valence-corrected chi connectivity index (χ1v) is 8.16. The number of hydrogen-bond acceptors (Lipinski definition) is 5. The lowest BCUT2D eigenvalue weighted by atomic mass is 10.1. The molecule has 1 aliphatic carbocycles. The van der Waals surface area contributed by atoms with Crippen molar-refractivity contribution in [3.8, 4) is 0 Å². The lowest BCUT2D eigenvalue weighted by molar-refractivity contribution is 0.0922. The van der Waals surface area contributed by atoms with Gasteiger partial charge in [0.25, 0.3) is 5.91 Å². The maximum absolute atomic E-state index is 12.4. The molecule has 0 aromatic carbocycles. The molecule has 2 N–H and O–H groups in total. The maximum Gasteiger partial charge on any atom is 0.273 e. The van der Waals surface area contributed by atoms with Crippen LogP contribution >= 0.6 is 0 Å². The van der Waals surface area contributed by atoms with Gasteiger partial charge in [-0.2, -0.15) is 0 Å². The molecule has 4 rings (SSSR count). The van der Waals surface area contributed by atoms with Gasteiger partial charge in [0.15, 0.2) is 5.69 Å². The van der Waals surface area contributed by atoms with Gasteiger partial charge in [-0.15, -0.1) is 0 Å². The molecule has 3 heterocycles. The van der Waals surface area contributed by atoms with Crippen molar-refractivity contribution in [2.45, 2.75) is 38.3 Å². The van der Waals surface area contributed by atoms with Crippen LogP contribution in [0, 0.1) is 5.92 Å². The Labute approximate surface area is 134 Å². The van der Waals surface area contributed by atoms with Crippen LogP contribution in [0.15, 0.2) is 23.1 Å². The molecular weight excluding hydrogens is 294 g/mol. The van der Waals surface area contributed by atoms with E-state index >= 15 is 0 Å². The zero-order valence-corrected chi connectivity index (χ0v) is 13.2. The number of carbonyl (C=O) groups excluding carboxylic acids is 1. The third-order valence-corrected chi connectivity index (χ3v) is 4.69. The summed E-state index contributed by atoms with van der Waals surface area (Å²) in [6.07, 6.45) is 5.80. The van der Waals surface area contributed by atoms with Gasteiger partial charge in [-0.05, 0) is 18.8 Å². The molecular formula is C16H21N5O2. The minimum Gasteiger partial charge on any atom is -0.360 e. The van der Waals surface area contributed by atoms with E-state index in [2.05, 4.69) is 32.3 Å². The average molecular weight is 315 g/mol. The lowest BCUT2D eigenvalue weighted by Crippen LogP contribution is -2.40. The summed E-state index contributed by atoms with van der Waals surface area (Å²) in [5, 5.41) is 7.01. The van der Waals surface area contributed by atoms with E-state index in [1.807, 2.05) is 6.20 Å². The number of likely N-dealkylation sites (tertiary alicyclic amines) is 1. The zero-order chi connectivity index (χ0) is 15.8. The quantitative estimate of drug-likeness (QED) is 0.873. The first-order chi connectivity index (χ1) is 11.2. The summed E-state index contributed by atoms with van der Waals surface area (Å²) in [4.78, 5) is 21.8. The second kappa shape index (κ2) is 5.81. The van der Waals surface area contributed by atoms with Gasteiger partial charge >= 0.3 is 0 Å². The number of amides is 1. The molecule has 1 aliphatic heterocycles. The Morgan fingerprint density at radius 3 is 3.09 bits per heavy atom. The van der Waals surface area contributed by atoms with Crippen molar-refractivity contribution >= 4 is 5.91 Å². The molecule has 0 radical (unpaired) electrons. The van der Waals surface area contributed by atoms with Gasteiger partial charge in [0.1, 0.15) is 5.76 Å². The van der Waals surface area contributed by atoms with Crippen molar-refractivity contribution in [2.24, 2.45) is 5.92 Å². The number of nitrogens with one attached hydrogen (secondary N) is 2. The van der Waals surface area contributed by atoms with Crippen molar-refractivity contribution in [3.05, 3.63) is 35.7 Å². The number of carbonyl (C=O) groups is 1. The Morgan fingerprint density at radius 2 is 2.35 bits per heavy atom. The molecule has 2 atom stereocenters. The maximum atomic E-state index is 12.4. The molecule has 1 amide bonds. The number of hydrogen-bond donors (Lipinski definition) is 2. The van der Waals surface area contributed by atoms with Crippen LogP contribution in [0.25, 0.3) is 0 Å². The van der Waals surface area contributed by atoms with E-state index in [1.54, 1.807) is 12.4 Å². The number of aromatic amines is 1. The van der Waals surface area contributed by atoms with Gasteiger partial charge < -0.3 is 14.8 Å². The number of aromatic nitrogens is 3. The van der Waals surface area contributed by atoms with E-state index in [4.69, 9.17) is 4.52 Å². The van der Waals surface area contributed by atoms with Gasteiger partial charge in [0.05, 0.1) is 6.33 Å². The Balaban J connectivity index is 1.35. The van der Waals surface area contributed by atoms with E-state index in [0.717, 1.165) is 43.9 Å². The summed E-state index contributed by atoms with van der Waals surface area (Å²) in [5.74, 6) is 1.58. The smallest absolute Gasteiger partial charge is 0.273 e. The minimum atomic E-state index is -0.138. The highest BCUT2D eigenvalue weighted by Gasteiger charge is 2.33. The Bertz CT molecular complexity index is 676. The molecule has 1 unspecified atom stereocenters. The topological polar surface area (TPSA) is 87.0 Å². The summed E-state index contributed by atoms with van der Waals surface area (Å²) in [5.41, 5.74) is 1.49. The molecule has 23 heavy (non-hydrogen) atoms. The van der Waals surface area contributed by atoms with Crippen molar-refractivity contribution < 1.29 is 9.32 Å². The minimum absolute atomic E-state index is 0.131. The molecule has 1 saturated heterocycles. The van der Waals surface area contributed by atoms with E-state index in [1.165, 1.54) is 0 Å². The molecule has 1 saturated carbocycles. The monoisotopic (exact) mass is 315 g/mol. The molecule has 2 fully saturated rings. The Morgan fingerprint density at radius 1 is 1.48 bits per heavy atom. The van der Waals surface area contributed by atoms with Crippen molar-refractivity contribution in [1.29, 1.82) is 0 Å². The highest BCUT2D eigenvalue weighted by atomic mass is 16.5. The summed E-state index contributed by atoms with van der Waals surface area (Å²) in [6.45, 7) is 4.78. The molecule has 7 heteroatoms. The van der Waals surface area contributed by atoms with Gasteiger partial charge in [-0.1, -0.05) is 12.1 Å². The predicted octanol–water partition coefficient (Wildman–Crippen LogP) is 1.53. The van der Waals surface area contributed by atoms with Crippen molar-refractivity contribution in [3.63, 3.8) is 0 Å². The van der Waals surface area contributed by atoms with Crippen LogP contribution in [-0.4, -0.2) is 45.1 Å². The SMILES string of the molecule is C[C@H]1CN(Cc2cnc[nH]2)CC1NC(=O)c1cc(C2CC2)on1. The van der Waals surface area contributed by atoms with Gasteiger partial charge in [-0.3, -0.25) is 9.69 Å². The van der Waals surface area contributed by atoms with E-state index in [-0.39, 0.29) is 11.9 Å². The third-order valence-electron chi connectivity index (χ3n) is 4.69. The van der Waals surface area contributed by atoms with E-state index in [0.29, 0.717) is 17.5 Å². The first kappa shape index (κ1) is 14.4. The summed E-state index contributed by atoms with van der Waals surface area (Å²) in [7, 11) is 0. The second-order valence-corrected chi connectivity index (χ2v) is 6.72. The predicted molar refractivity (Wildman–Crippen MR) is 82.8 cm³/mol. The fourth-order valence-corrected chi connectivity index (χ4v) is 3.20. The summed E-state index contributed by atoms with van der Waals surface area (Å²) >= 11 is 0. The van der Waals surface area contributed by atoms with Crippen LogP contribution in [0.1, 0.15) is 47.6 Å². The van der Waals surface area contributed by atoms with E-state index < -0.39 is 0 Å². The van der Waals surface area contributed by atoms with Crippen LogP contribution in [0.2, 0.25) is 0 Å². The second-order valence-electron chi connectivity index (χ2n) is 6.72. The number of H-pyrrole nitrogens is 1. The van der Waals surface area contributed by atoms with Crippen LogP contribution in [0.5, 0.6) is 0 Å². The van der Waals surface area contributed by atoms with Crippen molar-refractivity contribution in [1.82, 2.24) is 25.3 Å². The number of rotatable bonds is 5. The fourth-order valence-electron chi connectivity index (χ4n) is 3.20. The number of nitrogens with zero attached hydrogens (tertiary/aromatic N) is 3. The standard InChI is InChI=1S/C16H21N5O2/c1-10-6-21(7-12-5-17-9-18-12)8-14(10)19-16(22)13-4-15(23-20-13)11-2-3-11/h4-5,9-11,14H,2-3,6-8H2,1H3,(H,17,18)(H,19,22)/t10-,14?/m0/s1. The third kappa shape index (κ3) is 3.14. The highest BCUT2D eigenvalue weighted by molar-refractivity contribution is 5.92. The summed E-state index contributed by atoms with van der Waals surface area (Å²) in [6, 6.07) is 1.92. The molecule has 7 nitrogen and oxygen atoms in total. The zero-order valence-electron chi connectivity index (χ0n) is 13.2. The van der Waals surface area contributed by atoms with Crippen LogP contribution in [0.4, 0.5) is 0 Å². The number of imidazole rings is 1. The van der Waals surface area contributed by atoms with Gasteiger partial charge in [0.2, 0.25) is 0 Å². The Kier molecular flexibility index (Phi) is 3.65. The fraction of sp³-hybridized carbons (Fsp3) is 0.562. The Hall–Kier alpha value is -2.15. The van der Waals surface area contributed by atoms with Crippen LogP contribution < -0.4 is 5.32 Å². The highest BCUT2D eigenvalue weighted by Crippen LogP contribution is 2.40. The lowest BCUT2D eigenvalue weighted by Gasteiger charge is -2.16. The molecule has 2 aromatic rings. The molecule has 122 valence electrons. The normalized spacial score (nSPS) is 24.9. The van der Waals surface area contributed by atoms with Crippen molar-refractivity contribution in [2.75, 3.05) is 13.1 Å². The molecule has 0 spiro atoms. The van der Waals surface area contributed by atoms with Gasteiger partial charge in [-0.25, -0.2) is 4.98 Å². The molecule has 2 aromatic heterocycles. The van der Waals surface area contributed by atoms with Crippen LogP contribution in [0.3, 0.4) is 0 Å². The molecule has 0 bridgehead atoms.